The number of aromatic nitrogens is 2. The Morgan fingerprint density at radius 1 is 1.31 bits per heavy atom. The second kappa shape index (κ2) is 8.97. The number of amides is 2. The van der Waals surface area contributed by atoms with E-state index in [1.54, 1.807) is 13.0 Å². The van der Waals surface area contributed by atoms with Crippen LogP contribution in [0.5, 0.6) is 5.75 Å². The number of rotatable bonds is 5. The highest BCUT2D eigenvalue weighted by molar-refractivity contribution is 5.94. The molecule has 1 aromatic heterocycles. The highest BCUT2D eigenvalue weighted by Crippen LogP contribution is 2.34. The van der Waals surface area contributed by atoms with Gasteiger partial charge in [-0.3, -0.25) is 14.2 Å². The van der Waals surface area contributed by atoms with Gasteiger partial charge < -0.3 is 20.8 Å². The van der Waals surface area contributed by atoms with Gasteiger partial charge >= 0.3 is 6.09 Å². The number of halogens is 1. The number of hydrogen-bond donors (Lipinski definition) is 4. The first kappa shape index (κ1) is 23.2. The van der Waals surface area contributed by atoms with Crippen LogP contribution in [0.4, 0.5) is 9.18 Å². The summed E-state index contributed by atoms with van der Waals surface area (Å²) < 4.78 is 14.8. The van der Waals surface area contributed by atoms with E-state index in [4.69, 9.17) is 5.11 Å². The van der Waals surface area contributed by atoms with E-state index < -0.39 is 34.9 Å². The predicted molar refractivity (Wildman–Crippen MR) is 114 cm³/mol. The van der Waals surface area contributed by atoms with Crippen LogP contribution in [0.3, 0.4) is 0 Å². The lowest BCUT2D eigenvalue weighted by Crippen LogP contribution is -2.35. The molecule has 2 amide bonds. The van der Waals surface area contributed by atoms with Crippen LogP contribution in [0.15, 0.2) is 23.0 Å². The van der Waals surface area contributed by atoms with Crippen LogP contribution in [0.1, 0.15) is 60.0 Å². The summed E-state index contributed by atoms with van der Waals surface area (Å²) in [4.78, 5) is 41.0. The Bertz CT molecular complexity index is 1110. The number of carbonyl (C=O) groups excluding carboxylic acids is 1. The van der Waals surface area contributed by atoms with Crippen LogP contribution >= 0.6 is 0 Å². The van der Waals surface area contributed by atoms with Crippen molar-refractivity contribution >= 4 is 12.0 Å². The number of benzene rings is 1. The second-order valence-corrected chi connectivity index (χ2v) is 8.91. The van der Waals surface area contributed by atoms with Crippen molar-refractivity contribution in [2.45, 2.75) is 52.6 Å². The van der Waals surface area contributed by atoms with Crippen molar-refractivity contribution in [3.05, 3.63) is 57.0 Å². The summed E-state index contributed by atoms with van der Waals surface area (Å²) >= 11 is 0. The van der Waals surface area contributed by atoms with Gasteiger partial charge in [0.1, 0.15) is 11.6 Å². The highest BCUT2D eigenvalue weighted by atomic mass is 19.1. The number of aryl methyl sites for hydroxylation is 1. The molecule has 0 fully saturated rings. The summed E-state index contributed by atoms with van der Waals surface area (Å²) in [6.45, 7) is 5.91. The summed E-state index contributed by atoms with van der Waals surface area (Å²) in [5.41, 5.74) is -0.367. The zero-order valence-electron chi connectivity index (χ0n) is 18.2. The smallest absolute Gasteiger partial charge is 0.404 e. The van der Waals surface area contributed by atoms with E-state index in [0.29, 0.717) is 24.0 Å². The Morgan fingerprint density at radius 2 is 2.03 bits per heavy atom. The number of nitrogens with zero attached hydrogens (tertiary/aromatic N) is 2. The SMILES string of the molecule is Cc1cc(CNC(=O)c2nc3n(c(=O)c2O)CC(C)(C)CCC3CNC(=O)O)ccc1F. The van der Waals surface area contributed by atoms with Gasteiger partial charge in [0.2, 0.25) is 5.75 Å². The average Bonchev–Trinajstić information content (AvgIpc) is 2.85. The molecule has 1 aromatic carbocycles. The Kier molecular flexibility index (Phi) is 6.52. The number of nitrogens with one attached hydrogen (secondary N) is 2. The molecule has 0 aliphatic carbocycles. The molecule has 0 saturated heterocycles. The van der Waals surface area contributed by atoms with Gasteiger partial charge in [0.15, 0.2) is 5.69 Å². The van der Waals surface area contributed by atoms with Gasteiger partial charge in [-0.2, -0.15) is 0 Å². The van der Waals surface area contributed by atoms with E-state index in [1.807, 2.05) is 13.8 Å². The summed E-state index contributed by atoms with van der Waals surface area (Å²) in [5.74, 6) is -2.05. The van der Waals surface area contributed by atoms with Gasteiger partial charge in [0, 0.05) is 25.6 Å². The first-order valence-corrected chi connectivity index (χ1v) is 10.3. The van der Waals surface area contributed by atoms with Crippen molar-refractivity contribution in [3.8, 4) is 5.75 Å². The minimum absolute atomic E-state index is 0.0263. The molecule has 1 unspecified atom stereocenters. The molecule has 0 saturated carbocycles. The minimum atomic E-state index is -1.20. The van der Waals surface area contributed by atoms with E-state index in [-0.39, 0.29) is 36.7 Å². The largest absolute Gasteiger partial charge is 0.501 e. The van der Waals surface area contributed by atoms with Crippen molar-refractivity contribution in [3.63, 3.8) is 0 Å². The number of carbonyl (C=O) groups is 2. The fourth-order valence-electron chi connectivity index (χ4n) is 3.87. The third kappa shape index (κ3) is 5.06. The molecule has 0 bridgehead atoms. The van der Waals surface area contributed by atoms with Crippen LogP contribution in [-0.2, 0) is 13.1 Å². The van der Waals surface area contributed by atoms with Crippen LogP contribution in [-0.4, -0.2) is 38.3 Å². The summed E-state index contributed by atoms with van der Waals surface area (Å²) in [5, 5.41) is 24.4. The lowest BCUT2D eigenvalue weighted by atomic mass is 9.86. The normalized spacial score (nSPS) is 17.2. The molecule has 1 atom stereocenters. The minimum Gasteiger partial charge on any atom is -0.501 e. The molecule has 172 valence electrons. The Labute approximate surface area is 184 Å². The number of aromatic hydroxyl groups is 1. The molecule has 3 rings (SSSR count). The van der Waals surface area contributed by atoms with Crippen molar-refractivity contribution in [1.82, 2.24) is 20.2 Å². The van der Waals surface area contributed by atoms with E-state index in [1.165, 1.54) is 16.7 Å². The maximum absolute atomic E-state index is 13.4. The zero-order valence-corrected chi connectivity index (χ0v) is 18.2. The second-order valence-electron chi connectivity index (χ2n) is 8.91. The molecule has 32 heavy (non-hydrogen) atoms. The fraction of sp³-hybridized carbons (Fsp3) is 0.455. The monoisotopic (exact) mass is 446 g/mol. The lowest BCUT2D eigenvalue weighted by molar-refractivity contribution is 0.0941. The summed E-state index contributed by atoms with van der Waals surface area (Å²) in [6.07, 6.45) is 0.0581. The van der Waals surface area contributed by atoms with Crippen LogP contribution in [0.25, 0.3) is 0 Å². The van der Waals surface area contributed by atoms with Gasteiger partial charge in [-0.1, -0.05) is 26.0 Å². The van der Waals surface area contributed by atoms with E-state index in [2.05, 4.69) is 15.6 Å². The average molecular weight is 446 g/mol. The summed E-state index contributed by atoms with van der Waals surface area (Å²) in [7, 11) is 0. The molecule has 10 heteroatoms. The standard InChI is InChI=1S/C22H27FN4O5/c1-12-8-13(4-5-15(12)23)9-24-19(29)16-17(28)20(30)27-11-22(2,3)7-6-14(18(27)26-16)10-25-21(31)32/h4-5,8,14,25,28H,6-7,9-11H2,1-3H3,(H,24,29)(H,31,32). The number of fused-ring (bicyclic) bond motifs is 1. The Hall–Kier alpha value is -3.43. The number of hydrogen-bond acceptors (Lipinski definition) is 5. The molecular formula is C22H27FN4O5. The Morgan fingerprint density at radius 3 is 2.69 bits per heavy atom. The fourth-order valence-corrected chi connectivity index (χ4v) is 3.87. The van der Waals surface area contributed by atoms with Crippen LogP contribution in [0.2, 0.25) is 0 Å². The molecule has 1 aliphatic heterocycles. The van der Waals surface area contributed by atoms with Gasteiger partial charge in [-0.05, 0) is 42.4 Å². The topological polar surface area (TPSA) is 134 Å². The van der Waals surface area contributed by atoms with Crippen molar-refractivity contribution in [2.24, 2.45) is 5.41 Å². The maximum Gasteiger partial charge on any atom is 0.404 e. The number of carboxylic acid groups (broad SMARTS) is 1. The Balaban J connectivity index is 1.94. The molecule has 2 aromatic rings. The van der Waals surface area contributed by atoms with Crippen molar-refractivity contribution in [2.75, 3.05) is 6.54 Å². The first-order chi connectivity index (χ1) is 15.0. The molecule has 4 N–H and O–H groups in total. The first-order valence-electron chi connectivity index (χ1n) is 10.3. The zero-order chi connectivity index (χ0) is 23.6. The third-order valence-corrected chi connectivity index (χ3v) is 5.69. The van der Waals surface area contributed by atoms with E-state index in [9.17, 15) is 23.9 Å². The quantitative estimate of drug-likeness (QED) is 0.558. The molecule has 9 nitrogen and oxygen atoms in total. The van der Waals surface area contributed by atoms with Crippen molar-refractivity contribution < 1.29 is 24.2 Å². The molecule has 0 spiro atoms. The molecule has 2 heterocycles. The lowest BCUT2D eigenvalue weighted by Gasteiger charge is -2.23. The molecule has 1 aliphatic rings. The summed E-state index contributed by atoms with van der Waals surface area (Å²) in [6, 6.07) is 4.41. The van der Waals surface area contributed by atoms with E-state index >= 15 is 0 Å². The highest BCUT2D eigenvalue weighted by Gasteiger charge is 2.33. The predicted octanol–water partition coefficient (Wildman–Crippen LogP) is 2.50. The molecular weight excluding hydrogens is 419 g/mol. The third-order valence-electron chi connectivity index (χ3n) is 5.69. The van der Waals surface area contributed by atoms with Gasteiger partial charge in [-0.25, -0.2) is 14.2 Å². The van der Waals surface area contributed by atoms with Gasteiger partial charge in [-0.15, -0.1) is 0 Å². The van der Waals surface area contributed by atoms with Gasteiger partial charge in [0.05, 0.1) is 0 Å². The van der Waals surface area contributed by atoms with Crippen LogP contribution < -0.4 is 16.2 Å². The molecule has 0 radical (unpaired) electrons. The van der Waals surface area contributed by atoms with Crippen LogP contribution in [0, 0.1) is 18.2 Å². The van der Waals surface area contributed by atoms with Crippen molar-refractivity contribution in [1.29, 1.82) is 0 Å². The maximum atomic E-state index is 13.4. The van der Waals surface area contributed by atoms with E-state index in [0.717, 1.165) is 0 Å². The van der Waals surface area contributed by atoms with Gasteiger partial charge in [0.25, 0.3) is 11.5 Å².